The number of morpholine rings is 1. The molecule has 0 spiro atoms. The van der Waals surface area contributed by atoms with E-state index in [1.165, 1.54) is 11.3 Å². The fraction of sp³-hybridized carbons (Fsp3) is 0.500. The lowest BCUT2D eigenvalue weighted by Gasteiger charge is -2.26. The lowest BCUT2D eigenvalue weighted by molar-refractivity contribution is -0.115. The quantitative estimate of drug-likeness (QED) is 0.751. The van der Waals surface area contributed by atoms with Gasteiger partial charge in [-0.1, -0.05) is 32.0 Å². The van der Waals surface area contributed by atoms with Crippen molar-refractivity contribution in [2.75, 3.05) is 44.8 Å². The molecule has 1 amide bonds. The zero-order valence-corrected chi connectivity index (χ0v) is 16.8. The molecule has 1 aromatic carbocycles. The summed E-state index contributed by atoms with van der Waals surface area (Å²) < 4.78 is 11.3. The largest absolute Gasteiger partial charge is 0.492 e. The molecule has 1 saturated heterocycles. The number of amides is 1. The standard InChI is InChI=1S/C20H27N3O3S/c1-15(2)18-14-21-20(27-18)22-19(24)13-16-5-3-4-6-17(16)26-12-9-23-7-10-25-11-8-23/h3-6,14-15H,7-13H2,1-2H3,(H,21,22,24). The van der Waals surface area contributed by atoms with Gasteiger partial charge in [0.05, 0.1) is 19.6 Å². The first kappa shape index (κ1) is 19.8. The van der Waals surface area contributed by atoms with E-state index in [4.69, 9.17) is 9.47 Å². The molecule has 1 N–H and O–H groups in total. The van der Waals surface area contributed by atoms with Crippen molar-refractivity contribution < 1.29 is 14.3 Å². The Morgan fingerprint density at radius 2 is 2.11 bits per heavy atom. The summed E-state index contributed by atoms with van der Waals surface area (Å²) in [5, 5.41) is 3.54. The molecule has 1 aliphatic heterocycles. The second-order valence-corrected chi connectivity index (χ2v) is 7.92. The van der Waals surface area contributed by atoms with Crippen LogP contribution < -0.4 is 10.1 Å². The Morgan fingerprint density at radius 1 is 1.33 bits per heavy atom. The minimum Gasteiger partial charge on any atom is -0.492 e. The zero-order valence-electron chi connectivity index (χ0n) is 15.9. The van der Waals surface area contributed by atoms with Crippen LogP contribution in [0, 0.1) is 0 Å². The topological polar surface area (TPSA) is 63.7 Å². The number of benzene rings is 1. The summed E-state index contributed by atoms with van der Waals surface area (Å²) in [7, 11) is 0. The Labute approximate surface area is 164 Å². The number of carbonyl (C=O) groups excluding carboxylic acids is 1. The molecule has 1 aromatic heterocycles. The average Bonchev–Trinajstić information content (AvgIpc) is 3.13. The molecule has 0 radical (unpaired) electrons. The molecule has 2 heterocycles. The molecule has 2 aromatic rings. The Morgan fingerprint density at radius 3 is 2.85 bits per heavy atom. The molecule has 0 saturated carbocycles. The summed E-state index contributed by atoms with van der Waals surface area (Å²) in [4.78, 5) is 20.2. The van der Waals surface area contributed by atoms with Crippen LogP contribution in [0.4, 0.5) is 5.13 Å². The SMILES string of the molecule is CC(C)c1cnc(NC(=O)Cc2ccccc2OCCN2CCOCC2)s1. The minimum atomic E-state index is -0.0797. The second-order valence-electron chi connectivity index (χ2n) is 6.86. The normalized spacial score (nSPS) is 15.1. The molecule has 0 aliphatic carbocycles. The number of nitrogens with zero attached hydrogens (tertiary/aromatic N) is 2. The van der Waals surface area contributed by atoms with Crippen LogP contribution in [-0.4, -0.2) is 55.2 Å². The highest BCUT2D eigenvalue weighted by Crippen LogP contribution is 2.25. The van der Waals surface area contributed by atoms with Gasteiger partial charge in [0.1, 0.15) is 12.4 Å². The third-order valence-electron chi connectivity index (χ3n) is 4.43. The predicted octanol–water partition coefficient (Wildman–Crippen LogP) is 3.16. The van der Waals surface area contributed by atoms with Gasteiger partial charge < -0.3 is 14.8 Å². The lowest BCUT2D eigenvalue weighted by Crippen LogP contribution is -2.38. The summed E-state index contributed by atoms with van der Waals surface area (Å²) in [5.74, 6) is 1.10. The van der Waals surface area contributed by atoms with E-state index in [9.17, 15) is 4.79 Å². The number of para-hydroxylation sites is 1. The maximum Gasteiger partial charge on any atom is 0.230 e. The van der Waals surface area contributed by atoms with Gasteiger partial charge in [-0.05, 0) is 12.0 Å². The van der Waals surface area contributed by atoms with Crippen LogP contribution in [0.25, 0.3) is 0 Å². The summed E-state index contributed by atoms with van der Waals surface area (Å²) in [6.07, 6.45) is 2.10. The first-order valence-corrected chi connectivity index (χ1v) is 10.2. The summed E-state index contributed by atoms with van der Waals surface area (Å²) >= 11 is 1.52. The van der Waals surface area contributed by atoms with Gasteiger partial charge in [-0.15, -0.1) is 11.3 Å². The third kappa shape index (κ3) is 6.02. The fourth-order valence-electron chi connectivity index (χ4n) is 2.85. The molecule has 1 aliphatic rings. The van der Waals surface area contributed by atoms with Crippen LogP contribution >= 0.6 is 11.3 Å². The van der Waals surface area contributed by atoms with Crippen molar-refractivity contribution in [2.45, 2.75) is 26.2 Å². The van der Waals surface area contributed by atoms with Crippen molar-refractivity contribution in [1.29, 1.82) is 0 Å². The van der Waals surface area contributed by atoms with E-state index >= 15 is 0 Å². The van der Waals surface area contributed by atoms with Gasteiger partial charge in [0.15, 0.2) is 5.13 Å². The molecule has 0 unspecified atom stereocenters. The molecule has 1 fully saturated rings. The molecular weight excluding hydrogens is 362 g/mol. The van der Waals surface area contributed by atoms with E-state index in [-0.39, 0.29) is 12.3 Å². The zero-order chi connectivity index (χ0) is 19.1. The highest BCUT2D eigenvalue weighted by molar-refractivity contribution is 7.15. The molecular formula is C20H27N3O3S. The van der Waals surface area contributed by atoms with E-state index < -0.39 is 0 Å². The third-order valence-corrected chi connectivity index (χ3v) is 5.64. The Kier molecular flexibility index (Phi) is 7.20. The van der Waals surface area contributed by atoms with E-state index in [0.29, 0.717) is 17.7 Å². The van der Waals surface area contributed by atoms with Crippen LogP contribution in [-0.2, 0) is 16.0 Å². The number of rotatable bonds is 8. The van der Waals surface area contributed by atoms with E-state index in [1.54, 1.807) is 0 Å². The summed E-state index contributed by atoms with van der Waals surface area (Å²) in [6, 6.07) is 7.71. The first-order chi connectivity index (χ1) is 13.1. The number of hydrogen-bond donors (Lipinski definition) is 1. The number of thiazole rings is 1. The number of nitrogens with one attached hydrogen (secondary N) is 1. The highest BCUT2D eigenvalue weighted by Gasteiger charge is 2.13. The molecule has 0 bridgehead atoms. The van der Waals surface area contributed by atoms with Crippen molar-refractivity contribution in [2.24, 2.45) is 0 Å². The summed E-state index contributed by atoms with van der Waals surface area (Å²) in [5.41, 5.74) is 0.887. The Balaban J connectivity index is 1.52. The van der Waals surface area contributed by atoms with Crippen molar-refractivity contribution >= 4 is 22.4 Å². The summed E-state index contributed by atoms with van der Waals surface area (Å²) in [6.45, 7) is 9.15. The molecule has 3 rings (SSSR count). The predicted molar refractivity (Wildman–Crippen MR) is 108 cm³/mol. The van der Waals surface area contributed by atoms with Crippen molar-refractivity contribution in [3.63, 3.8) is 0 Å². The van der Waals surface area contributed by atoms with Gasteiger partial charge in [-0.25, -0.2) is 4.98 Å². The first-order valence-electron chi connectivity index (χ1n) is 9.38. The van der Waals surface area contributed by atoms with E-state index in [0.717, 1.165) is 49.0 Å². The Bertz CT molecular complexity index is 742. The lowest BCUT2D eigenvalue weighted by atomic mass is 10.1. The highest BCUT2D eigenvalue weighted by atomic mass is 32.1. The molecule has 7 heteroatoms. The molecule has 27 heavy (non-hydrogen) atoms. The van der Waals surface area contributed by atoms with Crippen molar-refractivity contribution in [1.82, 2.24) is 9.88 Å². The smallest absolute Gasteiger partial charge is 0.230 e. The van der Waals surface area contributed by atoms with Gasteiger partial charge >= 0.3 is 0 Å². The molecule has 0 atom stereocenters. The number of carbonyl (C=O) groups is 1. The minimum absolute atomic E-state index is 0.0797. The fourth-order valence-corrected chi connectivity index (χ4v) is 3.68. The number of anilines is 1. The van der Waals surface area contributed by atoms with Crippen LogP contribution in [0.1, 0.15) is 30.2 Å². The van der Waals surface area contributed by atoms with Crippen molar-refractivity contribution in [3.05, 3.63) is 40.9 Å². The maximum absolute atomic E-state index is 12.4. The van der Waals surface area contributed by atoms with Gasteiger partial charge in [-0.3, -0.25) is 9.69 Å². The van der Waals surface area contributed by atoms with Crippen LogP contribution in [0.3, 0.4) is 0 Å². The van der Waals surface area contributed by atoms with Gasteiger partial charge in [0, 0.05) is 36.3 Å². The van der Waals surface area contributed by atoms with Crippen LogP contribution in [0.2, 0.25) is 0 Å². The van der Waals surface area contributed by atoms with E-state index in [1.807, 2.05) is 30.5 Å². The number of ether oxygens (including phenoxy) is 2. The molecule has 146 valence electrons. The number of aromatic nitrogens is 1. The average molecular weight is 390 g/mol. The van der Waals surface area contributed by atoms with Gasteiger partial charge in [0.25, 0.3) is 0 Å². The monoisotopic (exact) mass is 389 g/mol. The van der Waals surface area contributed by atoms with E-state index in [2.05, 4.69) is 29.0 Å². The maximum atomic E-state index is 12.4. The van der Waals surface area contributed by atoms with Crippen LogP contribution in [0.15, 0.2) is 30.5 Å². The second kappa shape index (κ2) is 9.82. The number of hydrogen-bond acceptors (Lipinski definition) is 6. The van der Waals surface area contributed by atoms with Gasteiger partial charge in [0.2, 0.25) is 5.91 Å². The van der Waals surface area contributed by atoms with Crippen LogP contribution in [0.5, 0.6) is 5.75 Å². The van der Waals surface area contributed by atoms with Gasteiger partial charge in [-0.2, -0.15) is 0 Å². The molecule has 6 nitrogen and oxygen atoms in total. The van der Waals surface area contributed by atoms with Crippen molar-refractivity contribution in [3.8, 4) is 5.75 Å². The Hall–Kier alpha value is -1.96.